The number of aliphatic carboxylic acids is 1. The van der Waals surface area contributed by atoms with Gasteiger partial charge in [-0.1, -0.05) is 19.8 Å². The molecule has 16 heavy (non-hydrogen) atoms. The summed E-state index contributed by atoms with van der Waals surface area (Å²) in [5.74, 6) is -0.720. The van der Waals surface area contributed by atoms with Crippen molar-refractivity contribution in [1.82, 2.24) is 0 Å². The molecule has 0 saturated carbocycles. The molecule has 1 unspecified atom stereocenters. The predicted molar refractivity (Wildman–Crippen MR) is 61.2 cm³/mol. The van der Waals surface area contributed by atoms with Gasteiger partial charge >= 0.3 is 11.9 Å². The average molecular weight is 230 g/mol. The Morgan fingerprint density at radius 3 is 2.56 bits per heavy atom. The zero-order valence-electron chi connectivity index (χ0n) is 10.2. The second-order valence-corrected chi connectivity index (χ2v) is 4.04. The molecule has 1 aliphatic heterocycles. The Labute approximate surface area is 97.0 Å². The fraction of sp³-hybridized carbons (Fsp3) is 0.833. The van der Waals surface area contributed by atoms with Gasteiger partial charge in [0.05, 0.1) is 6.10 Å². The molecule has 1 N–H and O–H groups in total. The van der Waals surface area contributed by atoms with Gasteiger partial charge in [-0.25, -0.2) is 0 Å². The van der Waals surface area contributed by atoms with Gasteiger partial charge in [0.25, 0.3) is 0 Å². The van der Waals surface area contributed by atoms with Crippen LogP contribution in [0.25, 0.3) is 0 Å². The summed E-state index contributed by atoms with van der Waals surface area (Å²) >= 11 is 0. The number of carboxylic acids is 1. The van der Waals surface area contributed by atoms with E-state index in [9.17, 15) is 9.59 Å². The zero-order chi connectivity index (χ0) is 12.4. The summed E-state index contributed by atoms with van der Waals surface area (Å²) in [4.78, 5) is 20.3. The average Bonchev–Trinajstić information content (AvgIpc) is 2.18. The first-order valence-corrected chi connectivity index (χ1v) is 5.97. The molecule has 1 atom stereocenters. The van der Waals surface area contributed by atoms with Gasteiger partial charge in [0.15, 0.2) is 0 Å². The van der Waals surface area contributed by atoms with Gasteiger partial charge in [-0.2, -0.15) is 0 Å². The Morgan fingerprint density at radius 2 is 2.19 bits per heavy atom. The van der Waals surface area contributed by atoms with Crippen LogP contribution >= 0.6 is 0 Å². The molecule has 0 aromatic heterocycles. The molecule has 1 aliphatic rings. The van der Waals surface area contributed by atoms with Crippen molar-refractivity contribution >= 4 is 11.9 Å². The fourth-order valence-corrected chi connectivity index (χ4v) is 1.40. The van der Waals surface area contributed by atoms with Gasteiger partial charge < -0.3 is 9.84 Å². The molecular formula is C12H22O4. The molecule has 1 fully saturated rings. The van der Waals surface area contributed by atoms with E-state index in [0.29, 0.717) is 12.8 Å². The molecule has 0 aliphatic carbocycles. The zero-order valence-corrected chi connectivity index (χ0v) is 10.2. The number of ether oxygens (including phenoxy) is 1. The fourth-order valence-electron chi connectivity index (χ4n) is 1.40. The van der Waals surface area contributed by atoms with Crippen LogP contribution in [-0.2, 0) is 14.3 Å². The molecule has 0 aromatic rings. The van der Waals surface area contributed by atoms with E-state index in [1.807, 2.05) is 6.92 Å². The maximum absolute atomic E-state index is 10.5. The minimum atomic E-state index is -0.682. The normalized spacial score (nSPS) is 19.4. The summed E-state index contributed by atoms with van der Waals surface area (Å²) in [7, 11) is 0. The molecule has 4 nitrogen and oxygen atoms in total. The van der Waals surface area contributed by atoms with Crippen molar-refractivity contribution < 1.29 is 19.4 Å². The Hall–Kier alpha value is -1.06. The quantitative estimate of drug-likeness (QED) is 0.595. The SMILES string of the molecule is CC1CCCC(=O)O1.CCCCCC(=O)O. The molecule has 4 heteroatoms. The Balaban J connectivity index is 0.000000281. The van der Waals surface area contributed by atoms with Crippen molar-refractivity contribution in [3.05, 3.63) is 0 Å². The van der Waals surface area contributed by atoms with E-state index < -0.39 is 5.97 Å². The van der Waals surface area contributed by atoms with Crippen LogP contribution in [0.15, 0.2) is 0 Å². The number of carbonyl (C=O) groups excluding carboxylic acids is 1. The lowest BCUT2D eigenvalue weighted by Gasteiger charge is -2.17. The number of cyclic esters (lactones) is 1. The molecule has 0 amide bonds. The molecule has 0 spiro atoms. The van der Waals surface area contributed by atoms with E-state index in [4.69, 9.17) is 9.84 Å². The van der Waals surface area contributed by atoms with E-state index in [2.05, 4.69) is 6.92 Å². The van der Waals surface area contributed by atoms with Gasteiger partial charge in [0, 0.05) is 12.8 Å². The van der Waals surface area contributed by atoms with Crippen molar-refractivity contribution in [2.24, 2.45) is 0 Å². The first kappa shape index (κ1) is 14.9. The molecule has 1 saturated heterocycles. The lowest BCUT2D eigenvalue weighted by atomic mass is 10.1. The number of esters is 1. The third-order valence-corrected chi connectivity index (χ3v) is 2.32. The molecule has 0 aromatic carbocycles. The van der Waals surface area contributed by atoms with Gasteiger partial charge in [-0.3, -0.25) is 9.59 Å². The predicted octanol–water partition coefficient (Wildman–Crippen LogP) is 2.75. The highest BCUT2D eigenvalue weighted by atomic mass is 16.5. The second-order valence-electron chi connectivity index (χ2n) is 4.04. The van der Waals surface area contributed by atoms with Crippen LogP contribution in [0.3, 0.4) is 0 Å². The summed E-state index contributed by atoms with van der Waals surface area (Å²) in [6.07, 6.45) is 6.09. The summed E-state index contributed by atoms with van der Waals surface area (Å²) in [5.41, 5.74) is 0. The van der Waals surface area contributed by atoms with Crippen LogP contribution < -0.4 is 0 Å². The van der Waals surface area contributed by atoms with Crippen LogP contribution in [-0.4, -0.2) is 23.1 Å². The largest absolute Gasteiger partial charge is 0.481 e. The molecule has 1 heterocycles. The highest BCUT2D eigenvalue weighted by molar-refractivity contribution is 5.70. The van der Waals surface area contributed by atoms with Crippen LogP contribution in [0, 0.1) is 0 Å². The van der Waals surface area contributed by atoms with Gasteiger partial charge in [-0.15, -0.1) is 0 Å². The number of hydrogen-bond donors (Lipinski definition) is 1. The van der Waals surface area contributed by atoms with E-state index >= 15 is 0 Å². The third-order valence-electron chi connectivity index (χ3n) is 2.32. The van der Waals surface area contributed by atoms with E-state index in [1.54, 1.807) is 0 Å². The van der Waals surface area contributed by atoms with Crippen LogP contribution in [0.1, 0.15) is 58.8 Å². The van der Waals surface area contributed by atoms with Crippen LogP contribution in [0.4, 0.5) is 0 Å². The third kappa shape index (κ3) is 9.49. The summed E-state index contributed by atoms with van der Waals surface area (Å²) in [5, 5.41) is 8.14. The van der Waals surface area contributed by atoms with Gasteiger partial charge in [0.1, 0.15) is 0 Å². The number of hydrogen-bond acceptors (Lipinski definition) is 3. The van der Waals surface area contributed by atoms with Crippen molar-refractivity contribution in [1.29, 1.82) is 0 Å². The Morgan fingerprint density at radius 1 is 1.50 bits per heavy atom. The monoisotopic (exact) mass is 230 g/mol. The number of rotatable bonds is 4. The molecule has 0 radical (unpaired) electrons. The first-order chi connectivity index (χ1) is 7.56. The Bertz CT molecular complexity index is 213. The Kier molecular flexibility index (Phi) is 8.58. The maximum atomic E-state index is 10.5. The molecule has 0 bridgehead atoms. The minimum absolute atomic E-state index is 0.0382. The summed E-state index contributed by atoms with van der Waals surface area (Å²) < 4.78 is 4.85. The smallest absolute Gasteiger partial charge is 0.306 e. The topological polar surface area (TPSA) is 63.6 Å². The number of unbranched alkanes of at least 4 members (excludes halogenated alkanes) is 2. The van der Waals surface area contributed by atoms with Gasteiger partial charge in [0.2, 0.25) is 0 Å². The van der Waals surface area contributed by atoms with Crippen LogP contribution in [0.5, 0.6) is 0 Å². The van der Waals surface area contributed by atoms with Crippen molar-refractivity contribution in [3.8, 4) is 0 Å². The van der Waals surface area contributed by atoms with Crippen molar-refractivity contribution in [2.75, 3.05) is 0 Å². The van der Waals surface area contributed by atoms with Gasteiger partial charge in [-0.05, 0) is 26.2 Å². The standard InChI is InChI=1S/C6H10O2.C6H12O2/c1-5-3-2-4-6(7)8-5;1-2-3-4-5-6(7)8/h5H,2-4H2,1H3;2-5H2,1H3,(H,7,8). The van der Waals surface area contributed by atoms with E-state index in [0.717, 1.165) is 32.1 Å². The molecule has 1 rings (SSSR count). The summed E-state index contributed by atoms with van der Waals surface area (Å²) in [6.45, 7) is 3.99. The summed E-state index contributed by atoms with van der Waals surface area (Å²) in [6, 6.07) is 0. The van der Waals surface area contributed by atoms with Crippen LogP contribution in [0.2, 0.25) is 0 Å². The number of carbonyl (C=O) groups is 2. The molecular weight excluding hydrogens is 208 g/mol. The van der Waals surface area contributed by atoms with Crippen molar-refractivity contribution in [3.63, 3.8) is 0 Å². The second kappa shape index (κ2) is 9.19. The minimum Gasteiger partial charge on any atom is -0.481 e. The highest BCUT2D eigenvalue weighted by Gasteiger charge is 2.14. The lowest BCUT2D eigenvalue weighted by Crippen LogP contribution is -2.19. The lowest BCUT2D eigenvalue weighted by molar-refractivity contribution is -0.152. The van der Waals surface area contributed by atoms with E-state index in [-0.39, 0.29) is 12.1 Å². The number of carboxylic acid groups (broad SMARTS) is 1. The molecule has 94 valence electrons. The first-order valence-electron chi connectivity index (χ1n) is 5.97. The van der Waals surface area contributed by atoms with E-state index in [1.165, 1.54) is 0 Å². The van der Waals surface area contributed by atoms with Crippen molar-refractivity contribution in [2.45, 2.75) is 64.9 Å². The maximum Gasteiger partial charge on any atom is 0.306 e. The highest BCUT2D eigenvalue weighted by Crippen LogP contribution is 2.12.